The van der Waals surface area contributed by atoms with Crippen LogP contribution in [0.3, 0.4) is 0 Å². The number of benzene rings is 2. The summed E-state index contributed by atoms with van der Waals surface area (Å²) >= 11 is 4.63. The minimum Gasteiger partial charge on any atom is -0.340 e. The minimum absolute atomic E-state index is 0.0819. The van der Waals surface area contributed by atoms with Crippen molar-refractivity contribution in [3.8, 4) is 11.1 Å². The summed E-state index contributed by atoms with van der Waals surface area (Å²) in [5, 5.41) is 4.93. The topological polar surface area (TPSA) is 37.8 Å². The van der Waals surface area contributed by atoms with Crippen LogP contribution in [0.25, 0.3) is 21.3 Å². The van der Waals surface area contributed by atoms with Gasteiger partial charge in [-0.1, -0.05) is 28.1 Å². The van der Waals surface area contributed by atoms with Gasteiger partial charge in [0.1, 0.15) is 17.0 Å². The van der Waals surface area contributed by atoms with E-state index in [4.69, 9.17) is 0 Å². The van der Waals surface area contributed by atoms with Crippen molar-refractivity contribution >= 4 is 49.0 Å². The van der Waals surface area contributed by atoms with Crippen LogP contribution in [0.4, 0.5) is 37.8 Å². The fourth-order valence-corrected chi connectivity index (χ4v) is 4.16. The average Bonchev–Trinajstić information content (AvgIpc) is 3.12. The number of hydrogen-bond donors (Lipinski definition) is 1. The van der Waals surface area contributed by atoms with Gasteiger partial charge in [0, 0.05) is 21.1 Å². The van der Waals surface area contributed by atoms with Crippen molar-refractivity contribution in [2.75, 3.05) is 5.32 Å². The second-order valence-electron chi connectivity index (χ2n) is 6.48. The number of nitrogens with zero attached hydrogens (tertiary/aromatic N) is 2. The molecular weight excluding hydrogens is 508 g/mol. The predicted molar refractivity (Wildman–Crippen MR) is 110 cm³/mol. The Morgan fingerprint density at radius 3 is 2.03 bits per heavy atom. The lowest BCUT2D eigenvalue weighted by Crippen LogP contribution is -2.11. The fraction of sp³-hybridized carbons (Fsp3) is 0.100. The van der Waals surface area contributed by atoms with Gasteiger partial charge in [-0.2, -0.15) is 26.3 Å². The summed E-state index contributed by atoms with van der Waals surface area (Å²) in [6.07, 6.45) is -8.68. The maximum Gasteiger partial charge on any atom is 0.416 e. The number of thiophene rings is 1. The lowest BCUT2D eigenvalue weighted by molar-refractivity contribution is -0.143. The average molecular weight is 518 g/mol. The van der Waals surface area contributed by atoms with Crippen molar-refractivity contribution in [2.24, 2.45) is 0 Å². The maximum atomic E-state index is 13.2. The zero-order chi connectivity index (χ0) is 22.4. The highest BCUT2D eigenvalue weighted by atomic mass is 79.9. The van der Waals surface area contributed by atoms with Gasteiger partial charge in [0.25, 0.3) is 0 Å². The standard InChI is InChI=1S/C20H10BrF6N3S/c21-13-3-1-10(2-4-13)15-8-31-18-16(15)17(28-9-29-18)30-14-6-11(19(22,23)24)5-12(7-14)20(25,26)27/h1-9H,(H,28,29,30). The van der Waals surface area contributed by atoms with Crippen molar-refractivity contribution < 1.29 is 26.3 Å². The molecule has 0 bridgehead atoms. The van der Waals surface area contributed by atoms with Crippen LogP contribution in [0.5, 0.6) is 0 Å². The molecule has 3 nitrogen and oxygen atoms in total. The van der Waals surface area contributed by atoms with Crippen LogP contribution in [-0.4, -0.2) is 9.97 Å². The Morgan fingerprint density at radius 1 is 0.839 bits per heavy atom. The van der Waals surface area contributed by atoms with Crippen LogP contribution >= 0.6 is 27.3 Å². The molecule has 0 atom stereocenters. The molecule has 0 amide bonds. The molecule has 2 aromatic carbocycles. The molecule has 11 heteroatoms. The molecule has 0 saturated heterocycles. The highest BCUT2D eigenvalue weighted by molar-refractivity contribution is 9.10. The Morgan fingerprint density at radius 2 is 1.45 bits per heavy atom. The van der Waals surface area contributed by atoms with E-state index in [0.717, 1.165) is 10.0 Å². The first-order valence-electron chi connectivity index (χ1n) is 8.57. The first-order valence-corrected chi connectivity index (χ1v) is 10.2. The van der Waals surface area contributed by atoms with Gasteiger partial charge >= 0.3 is 12.4 Å². The summed E-state index contributed by atoms with van der Waals surface area (Å²) in [7, 11) is 0. The largest absolute Gasteiger partial charge is 0.416 e. The summed E-state index contributed by atoms with van der Waals surface area (Å²) < 4.78 is 79.9. The lowest BCUT2D eigenvalue weighted by atomic mass is 10.1. The molecule has 0 aliphatic carbocycles. The van der Waals surface area contributed by atoms with Crippen molar-refractivity contribution in [3.05, 3.63) is 69.8 Å². The lowest BCUT2D eigenvalue weighted by Gasteiger charge is -2.15. The van der Waals surface area contributed by atoms with Crippen LogP contribution in [0.2, 0.25) is 0 Å². The van der Waals surface area contributed by atoms with E-state index >= 15 is 0 Å². The molecule has 4 rings (SSSR count). The van der Waals surface area contributed by atoms with Crippen LogP contribution in [0, 0.1) is 0 Å². The number of fused-ring (bicyclic) bond motifs is 1. The second kappa shape index (κ2) is 7.79. The Balaban J connectivity index is 1.84. The van der Waals surface area contributed by atoms with Gasteiger partial charge in [-0.25, -0.2) is 9.97 Å². The van der Waals surface area contributed by atoms with Crippen molar-refractivity contribution in [2.45, 2.75) is 12.4 Å². The van der Waals surface area contributed by atoms with Crippen molar-refractivity contribution in [1.82, 2.24) is 9.97 Å². The van der Waals surface area contributed by atoms with Crippen molar-refractivity contribution in [3.63, 3.8) is 0 Å². The van der Waals surface area contributed by atoms with Gasteiger partial charge in [0.05, 0.1) is 16.5 Å². The molecule has 0 aliphatic heterocycles. The third-order valence-electron chi connectivity index (χ3n) is 4.38. The van der Waals surface area contributed by atoms with E-state index in [1.54, 1.807) is 5.38 Å². The molecule has 1 N–H and O–H groups in total. The predicted octanol–water partition coefficient (Wildman–Crippen LogP) is 7.90. The molecular formula is C20H10BrF6N3S. The molecule has 0 saturated carbocycles. The van der Waals surface area contributed by atoms with Gasteiger partial charge in [-0.15, -0.1) is 11.3 Å². The van der Waals surface area contributed by atoms with Gasteiger partial charge in [-0.3, -0.25) is 0 Å². The molecule has 0 spiro atoms. The zero-order valence-electron chi connectivity index (χ0n) is 15.1. The van der Waals surface area contributed by atoms with Crippen LogP contribution < -0.4 is 5.32 Å². The quantitative estimate of drug-likeness (QED) is 0.280. The summed E-state index contributed by atoms with van der Waals surface area (Å²) in [4.78, 5) is 8.77. The van der Waals surface area contributed by atoms with E-state index in [9.17, 15) is 26.3 Å². The van der Waals surface area contributed by atoms with E-state index in [1.165, 1.54) is 17.7 Å². The Kier molecular flexibility index (Phi) is 5.42. The van der Waals surface area contributed by atoms with Crippen LogP contribution in [0.1, 0.15) is 11.1 Å². The Bertz CT molecular complexity index is 1220. The fourth-order valence-electron chi connectivity index (χ4n) is 2.98. The van der Waals surface area contributed by atoms with Crippen LogP contribution in [-0.2, 0) is 12.4 Å². The van der Waals surface area contributed by atoms with E-state index < -0.39 is 23.5 Å². The Labute approximate surface area is 183 Å². The third kappa shape index (κ3) is 4.52. The minimum atomic E-state index is -4.94. The van der Waals surface area contributed by atoms with Gasteiger partial charge in [0.2, 0.25) is 0 Å². The monoisotopic (exact) mass is 517 g/mol. The molecule has 0 unspecified atom stereocenters. The summed E-state index contributed by atoms with van der Waals surface area (Å²) in [5.41, 5.74) is -1.69. The first-order chi connectivity index (χ1) is 14.5. The SMILES string of the molecule is FC(F)(F)c1cc(Nc2ncnc3scc(-c4ccc(Br)cc4)c23)cc(C(F)(F)F)c1. The number of rotatable bonds is 3. The zero-order valence-corrected chi connectivity index (χ0v) is 17.5. The number of nitrogens with one attached hydrogen (secondary N) is 1. The molecule has 0 aliphatic rings. The van der Waals surface area contributed by atoms with E-state index in [-0.39, 0.29) is 17.6 Å². The highest BCUT2D eigenvalue weighted by Gasteiger charge is 2.37. The molecule has 2 aromatic heterocycles. The molecule has 0 fully saturated rings. The summed E-state index contributed by atoms with van der Waals surface area (Å²) in [6.45, 7) is 0. The van der Waals surface area contributed by atoms with Gasteiger partial charge < -0.3 is 5.32 Å². The maximum absolute atomic E-state index is 13.2. The second-order valence-corrected chi connectivity index (χ2v) is 8.25. The number of anilines is 2. The smallest absolute Gasteiger partial charge is 0.340 e. The first kappa shape index (κ1) is 21.6. The van der Waals surface area contributed by atoms with E-state index in [2.05, 4.69) is 31.2 Å². The number of halogens is 7. The number of hydrogen-bond acceptors (Lipinski definition) is 4. The summed E-state index contributed by atoms with van der Waals surface area (Å²) in [5.74, 6) is 0.108. The summed E-state index contributed by atoms with van der Waals surface area (Å²) in [6, 6.07) is 8.61. The number of aromatic nitrogens is 2. The highest BCUT2D eigenvalue weighted by Crippen LogP contribution is 2.40. The molecule has 31 heavy (non-hydrogen) atoms. The number of alkyl halides is 6. The van der Waals surface area contributed by atoms with Crippen molar-refractivity contribution in [1.29, 1.82) is 0 Å². The molecule has 4 aromatic rings. The van der Waals surface area contributed by atoms with Gasteiger partial charge in [0.15, 0.2) is 0 Å². The van der Waals surface area contributed by atoms with Crippen LogP contribution in [0.15, 0.2) is 58.6 Å². The van der Waals surface area contributed by atoms with E-state index in [1.807, 2.05) is 24.3 Å². The molecule has 160 valence electrons. The molecule has 0 radical (unpaired) electrons. The van der Waals surface area contributed by atoms with Gasteiger partial charge in [-0.05, 0) is 35.9 Å². The molecule has 2 heterocycles. The Hall–Kier alpha value is -2.66. The normalized spacial score (nSPS) is 12.4. The van der Waals surface area contributed by atoms with E-state index in [0.29, 0.717) is 27.9 Å². The third-order valence-corrected chi connectivity index (χ3v) is 5.79.